The minimum Gasteiger partial charge on any atom is -0.342 e. The fourth-order valence-electron chi connectivity index (χ4n) is 8.59. The molecule has 0 spiro atoms. The van der Waals surface area contributed by atoms with Crippen LogP contribution in [0.2, 0.25) is 0 Å². The highest BCUT2D eigenvalue weighted by molar-refractivity contribution is 5.94. The minimum atomic E-state index is -0.573. The van der Waals surface area contributed by atoms with E-state index < -0.39 is 5.54 Å². The summed E-state index contributed by atoms with van der Waals surface area (Å²) < 4.78 is 0. The Labute approximate surface area is 248 Å². The summed E-state index contributed by atoms with van der Waals surface area (Å²) in [5, 5.41) is 11.8. The molecule has 1 saturated heterocycles. The van der Waals surface area contributed by atoms with Crippen LogP contribution in [0, 0.1) is 29.1 Å². The standard InChI is InChI=1S/C35H54N4O2/c1-37-35(23-27-10-4-2-5-11-27,24-28-12-6-3-7-13-28)34(41)39(26-36)21-19-29-18-20-38(25-29)33(40)32-17-16-30-14-8-9-15-31(30)22-32/h8-9,14-15,26-29,32,36-37H,2-7,10-13,16-25H2,1H3. The zero-order chi connectivity index (χ0) is 28.7. The zero-order valence-electron chi connectivity index (χ0n) is 25.5. The molecule has 5 rings (SSSR count). The largest absolute Gasteiger partial charge is 0.342 e. The Kier molecular flexibility index (Phi) is 10.6. The van der Waals surface area contributed by atoms with E-state index in [1.165, 1.54) is 81.7 Å². The van der Waals surface area contributed by atoms with Crippen molar-refractivity contribution in [1.82, 2.24) is 15.1 Å². The van der Waals surface area contributed by atoms with Gasteiger partial charge in [0.2, 0.25) is 11.8 Å². The Balaban J connectivity index is 1.18. The predicted molar refractivity (Wildman–Crippen MR) is 166 cm³/mol. The van der Waals surface area contributed by atoms with Gasteiger partial charge in [-0.05, 0) is 80.9 Å². The third kappa shape index (κ3) is 7.42. The fourth-order valence-corrected chi connectivity index (χ4v) is 8.59. The van der Waals surface area contributed by atoms with Gasteiger partial charge in [0, 0.05) is 25.6 Å². The highest BCUT2D eigenvalue weighted by Gasteiger charge is 2.43. The maximum Gasteiger partial charge on any atom is 0.247 e. The molecule has 1 aromatic carbocycles. The van der Waals surface area contributed by atoms with Crippen molar-refractivity contribution in [2.75, 3.05) is 26.7 Å². The molecule has 0 bridgehead atoms. The Morgan fingerprint density at radius 3 is 2.17 bits per heavy atom. The van der Waals surface area contributed by atoms with Crippen LogP contribution in [-0.4, -0.2) is 60.2 Å². The molecular weight excluding hydrogens is 508 g/mol. The molecule has 2 unspecified atom stereocenters. The Morgan fingerprint density at radius 1 is 0.927 bits per heavy atom. The quantitative estimate of drug-likeness (QED) is 0.243. The van der Waals surface area contributed by atoms with Crippen molar-refractivity contribution in [1.29, 1.82) is 5.41 Å². The van der Waals surface area contributed by atoms with Crippen LogP contribution in [0.3, 0.4) is 0 Å². The lowest BCUT2D eigenvalue weighted by molar-refractivity contribution is -0.137. The lowest BCUT2D eigenvalue weighted by Crippen LogP contribution is -2.58. The van der Waals surface area contributed by atoms with Crippen LogP contribution in [0.4, 0.5) is 0 Å². The smallest absolute Gasteiger partial charge is 0.247 e. The molecular formula is C35H54N4O2. The number of carbonyl (C=O) groups excluding carboxylic acids is 2. The van der Waals surface area contributed by atoms with Crippen LogP contribution >= 0.6 is 0 Å². The lowest BCUT2D eigenvalue weighted by atomic mass is 9.72. The number of nitrogens with one attached hydrogen (secondary N) is 2. The van der Waals surface area contributed by atoms with Crippen molar-refractivity contribution in [3.8, 4) is 0 Å². The number of benzene rings is 1. The molecule has 3 fully saturated rings. The lowest BCUT2D eigenvalue weighted by Gasteiger charge is -2.42. The van der Waals surface area contributed by atoms with E-state index in [4.69, 9.17) is 5.41 Å². The van der Waals surface area contributed by atoms with Crippen LogP contribution in [0.5, 0.6) is 0 Å². The minimum absolute atomic E-state index is 0.0964. The van der Waals surface area contributed by atoms with Gasteiger partial charge in [-0.15, -0.1) is 0 Å². The third-order valence-corrected chi connectivity index (χ3v) is 11.1. The van der Waals surface area contributed by atoms with E-state index in [0.29, 0.717) is 30.2 Å². The highest BCUT2D eigenvalue weighted by atomic mass is 16.2. The number of likely N-dealkylation sites (N-methyl/N-ethyl adjacent to an activating group) is 1. The fraction of sp³-hybridized carbons (Fsp3) is 0.743. The van der Waals surface area contributed by atoms with Crippen LogP contribution in [0.15, 0.2) is 24.3 Å². The summed E-state index contributed by atoms with van der Waals surface area (Å²) in [5.41, 5.74) is 2.16. The summed E-state index contributed by atoms with van der Waals surface area (Å²) in [4.78, 5) is 31.5. The molecule has 0 radical (unpaired) electrons. The molecule has 1 aliphatic heterocycles. The monoisotopic (exact) mass is 562 g/mol. The van der Waals surface area contributed by atoms with Gasteiger partial charge < -0.3 is 15.1 Å². The first-order chi connectivity index (χ1) is 20.0. The summed E-state index contributed by atoms with van der Waals surface area (Å²) in [6.07, 6.45) is 20.4. The van der Waals surface area contributed by atoms with Crippen LogP contribution in [0.1, 0.15) is 107 Å². The molecule has 41 heavy (non-hydrogen) atoms. The number of hydrogen-bond donors (Lipinski definition) is 2. The third-order valence-electron chi connectivity index (χ3n) is 11.1. The van der Waals surface area contributed by atoms with Gasteiger partial charge in [-0.25, -0.2) is 0 Å². The summed E-state index contributed by atoms with van der Waals surface area (Å²) in [5.74, 6) is 2.11. The Hall–Kier alpha value is -2.21. The number of likely N-dealkylation sites (tertiary alicyclic amines) is 1. The van der Waals surface area contributed by atoms with Gasteiger partial charge >= 0.3 is 0 Å². The maximum atomic E-state index is 14.3. The highest BCUT2D eigenvalue weighted by Crippen LogP contribution is 2.38. The summed E-state index contributed by atoms with van der Waals surface area (Å²) in [6, 6.07) is 8.56. The number of hydrogen-bond acceptors (Lipinski definition) is 4. The molecule has 2 saturated carbocycles. The number of aryl methyl sites for hydroxylation is 1. The second-order valence-electron chi connectivity index (χ2n) is 13.8. The second kappa shape index (κ2) is 14.3. The molecule has 2 atom stereocenters. The summed E-state index contributed by atoms with van der Waals surface area (Å²) >= 11 is 0. The molecule has 3 aliphatic carbocycles. The molecule has 6 nitrogen and oxygen atoms in total. The van der Waals surface area contributed by atoms with Crippen LogP contribution < -0.4 is 5.32 Å². The van der Waals surface area contributed by atoms with E-state index in [-0.39, 0.29) is 11.8 Å². The average Bonchev–Trinajstić information content (AvgIpc) is 3.50. The van der Waals surface area contributed by atoms with Gasteiger partial charge in [0.05, 0.1) is 11.9 Å². The predicted octanol–water partition coefficient (Wildman–Crippen LogP) is 6.36. The van der Waals surface area contributed by atoms with Gasteiger partial charge in [0.25, 0.3) is 0 Å². The van der Waals surface area contributed by atoms with Crippen molar-refractivity contribution < 1.29 is 9.59 Å². The molecule has 4 aliphatic rings. The maximum absolute atomic E-state index is 14.3. The topological polar surface area (TPSA) is 76.5 Å². The van der Waals surface area contributed by atoms with Gasteiger partial charge in [0.15, 0.2) is 0 Å². The first-order valence-electron chi connectivity index (χ1n) is 16.9. The SMILES string of the molecule is CNC(CC1CCCCC1)(CC1CCCCC1)C(=O)N(C=N)CCC1CCN(C(=O)C2CCc3ccccc3C2)C1. The Morgan fingerprint density at radius 2 is 1.56 bits per heavy atom. The Bertz CT molecular complexity index is 1010. The number of amides is 2. The molecule has 226 valence electrons. The molecule has 6 heteroatoms. The van der Waals surface area contributed by atoms with Crippen molar-refractivity contribution in [2.45, 2.75) is 115 Å². The van der Waals surface area contributed by atoms with E-state index in [9.17, 15) is 9.59 Å². The van der Waals surface area contributed by atoms with Gasteiger partial charge in [-0.1, -0.05) is 88.5 Å². The normalized spacial score (nSPS) is 24.2. The molecule has 0 aromatic heterocycles. The summed E-state index contributed by atoms with van der Waals surface area (Å²) in [7, 11) is 1.98. The first kappa shape index (κ1) is 30.3. The molecule has 1 aromatic rings. The molecule has 2 N–H and O–H groups in total. The van der Waals surface area contributed by atoms with Crippen LogP contribution in [-0.2, 0) is 22.4 Å². The van der Waals surface area contributed by atoms with Gasteiger partial charge in [-0.3, -0.25) is 15.0 Å². The molecule has 1 heterocycles. The van der Waals surface area contributed by atoms with E-state index >= 15 is 0 Å². The van der Waals surface area contributed by atoms with E-state index in [1.807, 2.05) is 7.05 Å². The first-order valence-corrected chi connectivity index (χ1v) is 16.9. The van der Waals surface area contributed by atoms with Crippen molar-refractivity contribution >= 4 is 18.2 Å². The number of fused-ring (bicyclic) bond motifs is 1. The average molecular weight is 563 g/mol. The van der Waals surface area contributed by atoms with Gasteiger partial charge in [0.1, 0.15) is 0 Å². The van der Waals surface area contributed by atoms with Crippen LogP contribution in [0.25, 0.3) is 0 Å². The number of carbonyl (C=O) groups is 2. The van der Waals surface area contributed by atoms with E-state index in [0.717, 1.165) is 58.0 Å². The van der Waals surface area contributed by atoms with Crippen molar-refractivity contribution in [2.24, 2.45) is 23.7 Å². The van der Waals surface area contributed by atoms with Gasteiger partial charge in [-0.2, -0.15) is 0 Å². The van der Waals surface area contributed by atoms with E-state index in [2.05, 4.69) is 34.5 Å². The zero-order valence-corrected chi connectivity index (χ0v) is 25.5. The number of rotatable bonds is 11. The number of nitrogens with zero attached hydrogens (tertiary/aromatic N) is 2. The van der Waals surface area contributed by atoms with Crippen molar-refractivity contribution in [3.05, 3.63) is 35.4 Å². The van der Waals surface area contributed by atoms with E-state index in [1.54, 1.807) is 4.90 Å². The summed E-state index contributed by atoms with van der Waals surface area (Å²) in [6.45, 7) is 2.19. The molecule has 2 amide bonds. The second-order valence-corrected chi connectivity index (χ2v) is 13.8. The van der Waals surface area contributed by atoms with Crippen molar-refractivity contribution in [3.63, 3.8) is 0 Å².